The summed E-state index contributed by atoms with van der Waals surface area (Å²) in [4.78, 5) is 24.2. The van der Waals surface area contributed by atoms with Crippen molar-refractivity contribution in [1.29, 1.82) is 0 Å². The lowest BCUT2D eigenvalue weighted by atomic mass is 10.0. The first-order valence-corrected chi connectivity index (χ1v) is 6.95. The number of hydrogen-bond donors (Lipinski definition) is 3. The van der Waals surface area contributed by atoms with Gasteiger partial charge in [-0.05, 0) is 31.9 Å². The first-order chi connectivity index (χ1) is 9.49. The largest absolute Gasteiger partial charge is 0.349 e. The quantitative estimate of drug-likeness (QED) is 0.776. The second kappa shape index (κ2) is 7.43. The molecule has 0 saturated heterocycles. The number of carbonyl (C=O) groups excluding carboxylic acids is 2. The van der Waals surface area contributed by atoms with Crippen LogP contribution in [-0.2, 0) is 4.79 Å². The highest BCUT2D eigenvalue weighted by molar-refractivity contribution is 6.04. The predicted molar refractivity (Wildman–Crippen MR) is 85.6 cm³/mol. The van der Waals surface area contributed by atoms with Crippen molar-refractivity contribution < 1.29 is 9.59 Å². The van der Waals surface area contributed by atoms with Gasteiger partial charge >= 0.3 is 0 Å². The molecule has 0 radical (unpaired) electrons. The SMILES string of the molecule is CC(N)C(C)C(=O)Nc1ccccc1C(=O)NC1CC1.Cl. The Kier molecular flexibility index (Phi) is 6.18. The molecule has 1 fully saturated rings. The molecule has 0 aromatic heterocycles. The molecule has 1 saturated carbocycles. The Morgan fingerprint density at radius 3 is 2.43 bits per heavy atom. The van der Waals surface area contributed by atoms with Gasteiger partial charge in [-0.2, -0.15) is 0 Å². The van der Waals surface area contributed by atoms with Gasteiger partial charge in [-0.25, -0.2) is 0 Å². The third-order valence-corrected chi connectivity index (χ3v) is 3.54. The standard InChI is InChI=1S/C15H21N3O2.ClH/c1-9(10(2)16)14(19)18-13-6-4-3-5-12(13)15(20)17-11-7-8-11;/h3-6,9-11H,7-8,16H2,1-2H3,(H,17,20)(H,18,19);1H. The molecule has 6 heteroatoms. The van der Waals surface area contributed by atoms with Gasteiger partial charge < -0.3 is 16.4 Å². The van der Waals surface area contributed by atoms with Crippen LogP contribution in [0.3, 0.4) is 0 Å². The van der Waals surface area contributed by atoms with Crippen molar-refractivity contribution in [1.82, 2.24) is 5.32 Å². The van der Waals surface area contributed by atoms with Crippen molar-refractivity contribution >= 4 is 29.9 Å². The van der Waals surface area contributed by atoms with E-state index in [0.717, 1.165) is 12.8 Å². The Morgan fingerprint density at radius 2 is 1.86 bits per heavy atom. The van der Waals surface area contributed by atoms with Gasteiger partial charge in [0.05, 0.1) is 17.2 Å². The molecule has 2 unspecified atom stereocenters. The molecule has 2 rings (SSSR count). The van der Waals surface area contributed by atoms with E-state index in [1.807, 2.05) is 0 Å². The van der Waals surface area contributed by atoms with Gasteiger partial charge in [0.2, 0.25) is 5.91 Å². The molecule has 5 nitrogen and oxygen atoms in total. The summed E-state index contributed by atoms with van der Waals surface area (Å²) in [7, 11) is 0. The third kappa shape index (κ3) is 4.72. The number of carbonyl (C=O) groups is 2. The normalized spacial score (nSPS) is 16.3. The number of para-hydroxylation sites is 1. The first-order valence-electron chi connectivity index (χ1n) is 6.95. The van der Waals surface area contributed by atoms with Crippen molar-refractivity contribution in [3.63, 3.8) is 0 Å². The average molecular weight is 312 g/mol. The average Bonchev–Trinajstić information content (AvgIpc) is 3.22. The summed E-state index contributed by atoms with van der Waals surface area (Å²) < 4.78 is 0. The molecule has 1 aliphatic carbocycles. The summed E-state index contributed by atoms with van der Waals surface area (Å²) in [6.07, 6.45) is 2.06. The van der Waals surface area contributed by atoms with Crippen LogP contribution in [-0.4, -0.2) is 23.9 Å². The number of rotatable bonds is 5. The summed E-state index contributed by atoms with van der Waals surface area (Å²) in [5.74, 6) is -0.627. The minimum Gasteiger partial charge on any atom is -0.349 e. The molecular formula is C15H22ClN3O2. The highest BCUT2D eigenvalue weighted by Crippen LogP contribution is 2.22. The van der Waals surface area contributed by atoms with Crippen LogP contribution in [0.5, 0.6) is 0 Å². The van der Waals surface area contributed by atoms with Gasteiger partial charge in [0.1, 0.15) is 0 Å². The van der Waals surface area contributed by atoms with E-state index in [4.69, 9.17) is 5.73 Å². The molecule has 1 aliphatic rings. The lowest BCUT2D eigenvalue weighted by Gasteiger charge is -2.17. The third-order valence-electron chi connectivity index (χ3n) is 3.54. The lowest BCUT2D eigenvalue weighted by molar-refractivity contribution is -0.119. The predicted octanol–water partition coefficient (Wildman–Crippen LogP) is 1.92. The zero-order valence-corrected chi connectivity index (χ0v) is 13.1. The van der Waals surface area contributed by atoms with E-state index in [1.54, 1.807) is 38.1 Å². The van der Waals surface area contributed by atoms with Crippen LogP contribution in [0.4, 0.5) is 5.69 Å². The molecule has 0 aliphatic heterocycles. The van der Waals surface area contributed by atoms with Gasteiger partial charge in [0, 0.05) is 12.1 Å². The summed E-state index contributed by atoms with van der Waals surface area (Å²) in [6, 6.07) is 7.07. The fraction of sp³-hybridized carbons (Fsp3) is 0.467. The van der Waals surface area contributed by atoms with Crippen molar-refractivity contribution in [2.24, 2.45) is 11.7 Å². The minimum absolute atomic E-state index is 0. The molecule has 2 atom stereocenters. The number of halogens is 1. The molecule has 1 aromatic rings. The molecule has 116 valence electrons. The van der Waals surface area contributed by atoms with Crippen LogP contribution in [0.25, 0.3) is 0 Å². The number of amides is 2. The molecule has 0 heterocycles. The maximum absolute atomic E-state index is 12.1. The van der Waals surface area contributed by atoms with E-state index in [0.29, 0.717) is 11.3 Å². The van der Waals surface area contributed by atoms with Crippen molar-refractivity contribution in [2.45, 2.75) is 38.8 Å². The highest BCUT2D eigenvalue weighted by atomic mass is 35.5. The van der Waals surface area contributed by atoms with Crippen LogP contribution in [0.1, 0.15) is 37.0 Å². The number of anilines is 1. The molecule has 4 N–H and O–H groups in total. The second-order valence-electron chi connectivity index (χ2n) is 5.43. The number of hydrogen-bond acceptors (Lipinski definition) is 3. The topological polar surface area (TPSA) is 84.2 Å². The van der Waals surface area contributed by atoms with Crippen LogP contribution < -0.4 is 16.4 Å². The fourth-order valence-electron chi connectivity index (χ4n) is 1.77. The smallest absolute Gasteiger partial charge is 0.253 e. The first kappa shape index (κ1) is 17.5. The van der Waals surface area contributed by atoms with E-state index < -0.39 is 0 Å². The van der Waals surface area contributed by atoms with Gasteiger partial charge in [0.25, 0.3) is 5.91 Å². The molecule has 21 heavy (non-hydrogen) atoms. The summed E-state index contributed by atoms with van der Waals surface area (Å²) in [5, 5.41) is 5.71. The molecule has 2 amide bonds. The van der Waals surface area contributed by atoms with E-state index in [2.05, 4.69) is 10.6 Å². The van der Waals surface area contributed by atoms with E-state index in [1.165, 1.54) is 0 Å². The second-order valence-corrected chi connectivity index (χ2v) is 5.43. The summed E-state index contributed by atoms with van der Waals surface area (Å²) in [5.41, 5.74) is 6.74. The summed E-state index contributed by atoms with van der Waals surface area (Å²) in [6.45, 7) is 3.56. The Bertz CT molecular complexity index is 515. The van der Waals surface area contributed by atoms with E-state index in [-0.39, 0.29) is 42.2 Å². The zero-order valence-electron chi connectivity index (χ0n) is 12.3. The highest BCUT2D eigenvalue weighted by Gasteiger charge is 2.25. The monoisotopic (exact) mass is 311 g/mol. The van der Waals surface area contributed by atoms with Crippen molar-refractivity contribution in [3.8, 4) is 0 Å². The Labute approximate surface area is 131 Å². The maximum atomic E-state index is 12.1. The minimum atomic E-state index is -0.311. The number of benzene rings is 1. The maximum Gasteiger partial charge on any atom is 0.253 e. The molecule has 0 spiro atoms. The molecule has 0 bridgehead atoms. The van der Waals surface area contributed by atoms with Crippen LogP contribution >= 0.6 is 12.4 Å². The lowest BCUT2D eigenvalue weighted by Crippen LogP contribution is -2.35. The van der Waals surface area contributed by atoms with Crippen molar-refractivity contribution in [2.75, 3.05) is 5.32 Å². The Hall–Kier alpha value is -1.59. The Balaban J connectivity index is 0.00000220. The Morgan fingerprint density at radius 1 is 1.24 bits per heavy atom. The van der Waals surface area contributed by atoms with Gasteiger partial charge in [0.15, 0.2) is 0 Å². The fourth-order valence-corrected chi connectivity index (χ4v) is 1.77. The van der Waals surface area contributed by atoms with Gasteiger partial charge in [-0.3, -0.25) is 9.59 Å². The summed E-state index contributed by atoms with van der Waals surface area (Å²) >= 11 is 0. The van der Waals surface area contributed by atoms with Crippen LogP contribution in [0.15, 0.2) is 24.3 Å². The van der Waals surface area contributed by atoms with E-state index in [9.17, 15) is 9.59 Å². The van der Waals surface area contributed by atoms with Gasteiger partial charge in [-0.15, -0.1) is 12.4 Å². The number of nitrogens with two attached hydrogens (primary N) is 1. The molecule has 1 aromatic carbocycles. The van der Waals surface area contributed by atoms with Crippen LogP contribution in [0.2, 0.25) is 0 Å². The van der Waals surface area contributed by atoms with Crippen LogP contribution in [0, 0.1) is 5.92 Å². The van der Waals surface area contributed by atoms with E-state index >= 15 is 0 Å². The molecular weight excluding hydrogens is 290 g/mol. The zero-order chi connectivity index (χ0) is 14.7. The van der Waals surface area contributed by atoms with Crippen molar-refractivity contribution in [3.05, 3.63) is 29.8 Å². The van der Waals surface area contributed by atoms with Gasteiger partial charge in [-0.1, -0.05) is 19.1 Å². The number of nitrogens with one attached hydrogen (secondary N) is 2.